The highest BCUT2D eigenvalue weighted by Gasteiger charge is 2.05. The topological polar surface area (TPSA) is 30.5 Å². The minimum atomic E-state index is 0.646. The van der Waals surface area contributed by atoms with E-state index in [0.29, 0.717) is 6.54 Å². The quantitative estimate of drug-likeness (QED) is 0.864. The Bertz CT molecular complexity index is 579. The van der Waals surface area contributed by atoms with E-state index in [1.165, 1.54) is 0 Å². The van der Waals surface area contributed by atoms with Gasteiger partial charge in [-0.05, 0) is 23.3 Å². The highest BCUT2D eigenvalue weighted by atomic mass is 16.5. The molecule has 3 nitrogen and oxygen atoms in total. The third kappa shape index (κ3) is 3.32. The molecule has 0 aromatic heterocycles. The lowest BCUT2D eigenvalue weighted by molar-refractivity contribution is 0.404. The molecule has 0 radical (unpaired) electrons. The highest BCUT2D eigenvalue weighted by Crippen LogP contribution is 2.29. The van der Waals surface area contributed by atoms with Gasteiger partial charge in [-0.25, -0.2) is 0 Å². The normalized spacial score (nSPS) is 9.90. The van der Waals surface area contributed by atoms with Crippen molar-refractivity contribution >= 4 is 11.3 Å². The second-order valence-corrected chi connectivity index (χ2v) is 4.39. The van der Waals surface area contributed by atoms with Crippen molar-refractivity contribution in [2.45, 2.75) is 0 Å². The number of ether oxygens (including phenoxy) is 2. The van der Waals surface area contributed by atoms with E-state index >= 15 is 0 Å². The van der Waals surface area contributed by atoms with Gasteiger partial charge in [0.1, 0.15) is 11.5 Å². The SMILES string of the molecule is C=C(CNc1cc(OC)ccc1OC)c1ccccc1. The van der Waals surface area contributed by atoms with Gasteiger partial charge in [-0.3, -0.25) is 0 Å². The average molecular weight is 269 g/mol. The van der Waals surface area contributed by atoms with Crippen LogP contribution in [-0.2, 0) is 0 Å². The van der Waals surface area contributed by atoms with Gasteiger partial charge < -0.3 is 14.8 Å². The fourth-order valence-corrected chi connectivity index (χ4v) is 1.93. The lowest BCUT2D eigenvalue weighted by Crippen LogP contribution is -2.05. The number of benzene rings is 2. The second-order valence-electron chi connectivity index (χ2n) is 4.39. The smallest absolute Gasteiger partial charge is 0.142 e. The van der Waals surface area contributed by atoms with Crippen molar-refractivity contribution in [1.29, 1.82) is 0 Å². The van der Waals surface area contributed by atoms with Crippen molar-refractivity contribution < 1.29 is 9.47 Å². The van der Waals surface area contributed by atoms with Crippen molar-refractivity contribution in [2.75, 3.05) is 26.1 Å². The average Bonchev–Trinajstić information content (AvgIpc) is 2.53. The zero-order valence-electron chi connectivity index (χ0n) is 11.8. The van der Waals surface area contributed by atoms with E-state index in [0.717, 1.165) is 28.3 Å². The first-order valence-corrected chi connectivity index (χ1v) is 6.43. The zero-order valence-corrected chi connectivity index (χ0v) is 11.8. The Kier molecular flexibility index (Phi) is 4.66. The fraction of sp³-hybridized carbons (Fsp3) is 0.176. The van der Waals surface area contributed by atoms with E-state index in [-0.39, 0.29) is 0 Å². The van der Waals surface area contributed by atoms with Crippen LogP contribution < -0.4 is 14.8 Å². The Hall–Kier alpha value is -2.42. The number of hydrogen-bond acceptors (Lipinski definition) is 3. The molecule has 0 saturated carbocycles. The number of methoxy groups -OCH3 is 2. The van der Waals surface area contributed by atoms with Crippen LogP contribution in [0.2, 0.25) is 0 Å². The first kappa shape index (κ1) is 14.0. The molecule has 0 amide bonds. The lowest BCUT2D eigenvalue weighted by Gasteiger charge is -2.14. The van der Waals surface area contributed by atoms with E-state index in [9.17, 15) is 0 Å². The Morgan fingerprint density at radius 2 is 1.80 bits per heavy atom. The number of hydrogen-bond donors (Lipinski definition) is 1. The van der Waals surface area contributed by atoms with Crippen LogP contribution in [-0.4, -0.2) is 20.8 Å². The van der Waals surface area contributed by atoms with Crippen molar-refractivity contribution in [3.63, 3.8) is 0 Å². The van der Waals surface area contributed by atoms with Crippen LogP contribution in [0.1, 0.15) is 5.56 Å². The molecule has 104 valence electrons. The van der Waals surface area contributed by atoms with Gasteiger partial charge in [0.15, 0.2) is 0 Å². The van der Waals surface area contributed by atoms with Crippen LogP contribution >= 0.6 is 0 Å². The van der Waals surface area contributed by atoms with Crippen molar-refractivity contribution in [1.82, 2.24) is 0 Å². The molecule has 0 aliphatic carbocycles. The molecule has 0 saturated heterocycles. The van der Waals surface area contributed by atoms with Gasteiger partial charge in [0.05, 0.1) is 19.9 Å². The number of anilines is 1. The standard InChI is InChI=1S/C17H19NO2/c1-13(14-7-5-4-6-8-14)12-18-16-11-15(19-2)9-10-17(16)20-3/h4-11,18H,1,12H2,2-3H3. The predicted octanol–water partition coefficient (Wildman–Crippen LogP) is 3.83. The molecule has 2 aromatic carbocycles. The Morgan fingerprint density at radius 1 is 1.05 bits per heavy atom. The molecule has 2 aromatic rings. The maximum Gasteiger partial charge on any atom is 0.142 e. The monoisotopic (exact) mass is 269 g/mol. The summed E-state index contributed by atoms with van der Waals surface area (Å²) in [5.41, 5.74) is 3.04. The first-order chi connectivity index (χ1) is 9.74. The molecule has 0 spiro atoms. The summed E-state index contributed by atoms with van der Waals surface area (Å²) in [6.45, 7) is 4.75. The fourth-order valence-electron chi connectivity index (χ4n) is 1.93. The minimum absolute atomic E-state index is 0.646. The van der Waals surface area contributed by atoms with Gasteiger partial charge in [-0.2, -0.15) is 0 Å². The summed E-state index contributed by atoms with van der Waals surface area (Å²) in [6, 6.07) is 15.8. The largest absolute Gasteiger partial charge is 0.497 e. The van der Waals surface area contributed by atoms with Crippen LogP contribution in [0, 0.1) is 0 Å². The molecule has 0 unspecified atom stereocenters. The summed E-state index contributed by atoms with van der Waals surface area (Å²) in [5.74, 6) is 1.57. The van der Waals surface area contributed by atoms with Crippen molar-refractivity contribution in [3.8, 4) is 11.5 Å². The third-order valence-corrected chi connectivity index (χ3v) is 3.08. The van der Waals surface area contributed by atoms with E-state index in [1.807, 2.05) is 48.5 Å². The predicted molar refractivity (Wildman–Crippen MR) is 83.5 cm³/mol. The van der Waals surface area contributed by atoms with E-state index < -0.39 is 0 Å². The van der Waals surface area contributed by atoms with Crippen LogP contribution in [0.4, 0.5) is 5.69 Å². The Labute approximate surface area is 119 Å². The minimum Gasteiger partial charge on any atom is -0.497 e. The molecule has 0 aliphatic rings. The van der Waals surface area contributed by atoms with Gasteiger partial charge in [-0.15, -0.1) is 0 Å². The van der Waals surface area contributed by atoms with E-state index in [2.05, 4.69) is 11.9 Å². The summed E-state index contributed by atoms with van der Waals surface area (Å²) in [5, 5.41) is 3.33. The van der Waals surface area contributed by atoms with Gasteiger partial charge in [-0.1, -0.05) is 36.9 Å². The Morgan fingerprint density at radius 3 is 2.45 bits per heavy atom. The molecule has 2 rings (SSSR count). The maximum atomic E-state index is 5.34. The molecule has 20 heavy (non-hydrogen) atoms. The first-order valence-electron chi connectivity index (χ1n) is 6.43. The molecular formula is C17H19NO2. The van der Waals surface area contributed by atoms with Crippen molar-refractivity contribution in [3.05, 3.63) is 60.7 Å². The molecule has 0 heterocycles. The molecule has 0 bridgehead atoms. The summed E-state index contributed by atoms with van der Waals surface area (Å²) in [6.07, 6.45) is 0. The van der Waals surface area contributed by atoms with Crippen LogP contribution in [0.3, 0.4) is 0 Å². The molecule has 3 heteroatoms. The maximum absolute atomic E-state index is 5.34. The van der Waals surface area contributed by atoms with Crippen LogP contribution in [0.5, 0.6) is 11.5 Å². The van der Waals surface area contributed by atoms with Gasteiger partial charge in [0, 0.05) is 12.6 Å². The van der Waals surface area contributed by atoms with E-state index in [4.69, 9.17) is 9.47 Å². The Balaban J connectivity index is 2.08. The highest BCUT2D eigenvalue weighted by molar-refractivity contribution is 5.69. The van der Waals surface area contributed by atoms with Crippen molar-refractivity contribution in [2.24, 2.45) is 0 Å². The molecular weight excluding hydrogens is 250 g/mol. The summed E-state index contributed by atoms with van der Waals surface area (Å²) < 4.78 is 10.6. The van der Waals surface area contributed by atoms with Gasteiger partial charge >= 0.3 is 0 Å². The lowest BCUT2D eigenvalue weighted by atomic mass is 10.1. The number of rotatable bonds is 6. The second kappa shape index (κ2) is 6.66. The number of nitrogens with one attached hydrogen (secondary N) is 1. The molecule has 0 aliphatic heterocycles. The summed E-state index contributed by atoms with van der Waals surface area (Å²) >= 11 is 0. The zero-order chi connectivity index (χ0) is 14.4. The summed E-state index contributed by atoms with van der Waals surface area (Å²) in [7, 11) is 3.30. The van der Waals surface area contributed by atoms with Crippen LogP contribution in [0.15, 0.2) is 55.1 Å². The third-order valence-electron chi connectivity index (χ3n) is 3.08. The molecule has 1 N–H and O–H groups in total. The van der Waals surface area contributed by atoms with E-state index in [1.54, 1.807) is 14.2 Å². The molecule has 0 atom stereocenters. The van der Waals surface area contributed by atoms with Gasteiger partial charge in [0.2, 0.25) is 0 Å². The van der Waals surface area contributed by atoms with Crippen LogP contribution in [0.25, 0.3) is 5.57 Å². The molecule has 0 fully saturated rings. The van der Waals surface area contributed by atoms with Gasteiger partial charge in [0.25, 0.3) is 0 Å². The summed E-state index contributed by atoms with van der Waals surface area (Å²) in [4.78, 5) is 0.